The molecule has 4 unspecified atom stereocenters. The summed E-state index contributed by atoms with van der Waals surface area (Å²) in [5, 5.41) is 14.8. The van der Waals surface area contributed by atoms with Crippen LogP contribution in [0.25, 0.3) is 0 Å². The van der Waals surface area contributed by atoms with Crippen LogP contribution in [0.5, 0.6) is 0 Å². The zero-order valence-electron chi connectivity index (χ0n) is 18.4. The molecular weight excluding hydrogens is 402 g/mol. The van der Waals surface area contributed by atoms with Crippen molar-refractivity contribution in [3.63, 3.8) is 0 Å². The first-order valence-electron chi connectivity index (χ1n) is 11.7. The van der Waals surface area contributed by atoms with Gasteiger partial charge in [-0.1, -0.05) is 24.3 Å². The Morgan fingerprint density at radius 3 is 2.06 bits per heavy atom. The molecule has 6 heteroatoms. The number of carbonyl (C=O) groups excluding carboxylic acids is 1. The molecule has 2 aromatic carbocycles. The molecule has 0 heterocycles. The van der Waals surface area contributed by atoms with Crippen LogP contribution in [0.2, 0.25) is 0 Å². The molecule has 2 aromatic rings. The number of rotatable bonds is 6. The number of hydrogen-bond acceptors (Lipinski definition) is 3. The van der Waals surface area contributed by atoms with Gasteiger partial charge in [-0.05, 0) is 97.6 Å². The fourth-order valence-electron chi connectivity index (χ4n) is 5.58. The van der Waals surface area contributed by atoms with E-state index in [0.717, 1.165) is 42.6 Å². The summed E-state index contributed by atoms with van der Waals surface area (Å²) in [4.78, 5) is 23.3. The van der Waals surface area contributed by atoms with Crippen molar-refractivity contribution >= 4 is 23.4 Å². The minimum absolute atomic E-state index is 0.267. The van der Waals surface area contributed by atoms with Crippen molar-refractivity contribution in [2.24, 2.45) is 23.5 Å². The zero-order chi connectivity index (χ0) is 22.5. The van der Waals surface area contributed by atoms with E-state index < -0.39 is 5.97 Å². The maximum atomic E-state index is 12.3. The van der Waals surface area contributed by atoms with E-state index in [1.807, 2.05) is 36.4 Å². The molecule has 0 saturated heterocycles. The van der Waals surface area contributed by atoms with Crippen molar-refractivity contribution in [3.8, 4) is 0 Å². The Balaban J connectivity index is 1.28. The Morgan fingerprint density at radius 1 is 0.844 bits per heavy atom. The molecule has 2 aliphatic carbocycles. The molecule has 170 valence electrons. The molecule has 5 N–H and O–H groups in total. The zero-order valence-corrected chi connectivity index (χ0v) is 18.4. The molecule has 2 amide bonds. The number of carbonyl (C=O) groups is 2. The summed E-state index contributed by atoms with van der Waals surface area (Å²) in [6.45, 7) is 0.479. The second-order valence-electron chi connectivity index (χ2n) is 9.41. The lowest BCUT2D eigenvalue weighted by molar-refractivity contribution is -0.138. The fourth-order valence-corrected chi connectivity index (χ4v) is 5.58. The predicted octanol–water partition coefficient (Wildman–Crippen LogP) is 5.56. The van der Waals surface area contributed by atoms with Gasteiger partial charge in [-0.15, -0.1) is 0 Å². The monoisotopic (exact) mass is 435 g/mol. The predicted molar refractivity (Wildman–Crippen MR) is 127 cm³/mol. The van der Waals surface area contributed by atoms with Crippen LogP contribution in [0.4, 0.5) is 16.2 Å². The molecule has 0 aliphatic heterocycles. The molecule has 2 fully saturated rings. The van der Waals surface area contributed by atoms with E-state index >= 15 is 0 Å². The Kier molecular flexibility index (Phi) is 7.10. The third kappa shape index (κ3) is 5.68. The highest BCUT2D eigenvalue weighted by molar-refractivity contribution is 5.99. The van der Waals surface area contributed by atoms with Crippen molar-refractivity contribution in [2.45, 2.75) is 57.4 Å². The van der Waals surface area contributed by atoms with Gasteiger partial charge in [0.25, 0.3) is 0 Å². The summed E-state index contributed by atoms with van der Waals surface area (Å²) in [6, 6.07) is 15.4. The average Bonchev–Trinajstić information content (AvgIpc) is 2.79. The third-order valence-electron chi connectivity index (χ3n) is 7.27. The first kappa shape index (κ1) is 22.3. The van der Waals surface area contributed by atoms with Gasteiger partial charge in [-0.2, -0.15) is 0 Å². The van der Waals surface area contributed by atoms with Gasteiger partial charge >= 0.3 is 12.0 Å². The molecule has 2 saturated carbocycles. The third-order valence-corrected chi connectivity index (χ3v) is 7.27. The minimum Gasteiger partial charge on any atom is -0.481 e. The van der Waals surface area contributed by atoms with Gasteiger partial charge in [-0.3, -0.25) is 4.79 Å². The quantitative estimate of drug-likeness (QED) is 0.476. The maximum Gasteiger partial charge on any atom is 0.323 e. The Morgan fingerprint density at radius 2 is 1.44 bits per heavy atom. The molecule has 4 rings (SSSR count). The Bertz CT molecular complexity index is 926. The average molecular weight is 436 g/mol. The van der Waals surface area contributed by atoms with E-state index in [1.54, 1.807) is 0 Å². The van der Waals surface area contributed by atoms with Gasteiger partial charge in [0, 0.05) is 24.3 Å². The van der Waals surface area contributed by atoms with Gasteiger partial charge < -0.3 is 21.5 Å². The second kappa shape index (κ2) is 10.2. The summed E-state index contributed by atoms with van der Waals surface area (Å²) in [5.41, 5.74) is 9.46. The van der Waals surface area contributed by atoms with Gasteiger partial charge in [0.05, 0.1) is 0 Å². The standard InChI is InChI=1S/C26H33N3O3/c27-16-17-2-9-23(10-3-17)28-26(32)29-24-11-7-19(8-12-24)21-6-5-20-13-18(14-25(30)31)1-4-22(20)15-21/h2-3,7-12,18,20-22H,1,4-6,13-16,27H2,(H,30,31)(H2,28,29,32). The lowest BCUT2D eigenvalue weighted by Crippen LogP contribution is -2.31. The number of carboxylic acids is 1. The molecule has 32 heavy (non-hydrogen) atoms. The highest BCUT2D eigenvalue weighted by Crippen LogP contribution is 2.48. The highest BCUT2D eigenvalue weighted by atomic mass is 16.4. The largest absolute Gasteiger partial charge is 0.481 e. The number of carboxylic acid groups (broad SMARTS) is 1. The lowest BCUT2D eigenvalue weighted by atomic mass is 9.63. The number of benzene rings is 2. The molecule has 0 radical (unpaired) electrons. The van der Waals surface area contributed by atoms with E-state index in [1.165, 1.54) is 18.4 Å². The number of anilines is 2. The lowest BCUT2D eigenvalue weighted by Gasteiger charge is -2.42. The van der Waals surface area contributed by atoms with Crippen LogP contribution in [0.15, 0.2) is 48.5 Å². The molecule has 4 atom stereocenters. The van der Waals surface area contributed by atoms with E-state index in [4.69, 9.17) is 10.8 Å². The summed E-state index contributed by atoms with van der Waals surface area (Å²) in [7, 11) is 0. The van der Waals surface area contributed by atoms with E-state index in [0.29, 0.717) is 36.6 Å². The molecule has 0 spiro atoms. The number of nitrogens with two attached hydrogens (primary N) is 1. The topological polar surface area (TPSA) is 104 Å². The van der Waals surface area contributed by atoms with Crippen LogP contribution in [-0.4, -0.2) is 17.1 Å². The number of urea groups is 1. The van der Waals surface area contributed by atoms with Gasteiger partial charge in [0.15, 0.2) is 0 Å². The van der Waals surface area contributed by atoms with E-state index in [2.05, 4.69) is 22.8 Å². The number of nitrogens with one attached hydrogen (secondary N) is 2. The van der Waals surface area contributed by atoms with Gasteiger partial charge in [0.1, 0.15) is 0 Å². The molecule has 6 nitrogen and oxygen atoms in total. The van der Waals surface area contributed by atoms with Crippen LogP contribution < -0.4 is 16.4 Å². The van der Waals surface area contributed by atoms with Crippen LogP contribution in [-0.2, 0) is 11.3 Å². The first-order chi connectivity index (χ1) is 15.5. The van der Waals surface area contributed by atoms with Crippen molar-refractivity contribution in [1.29, 1.82) is 0 Å². The number of hydrogen-bond donors (Lipinski definition) is 4. The van der Waals surface area contributed by atoms with Gasteiger partial charge in [0.2, 0.25) is 0 Å². The minimum atomic E-state index is -0.658. The summed E-state index contributed by atoms with van der Waals surface area (Å²) >= 11 is 0. The molecular formula is C26H33N3O3. The smallest absolute Gasteiger partial charge is 0.323 e. The molecule has 0 aromatic heterocycles. The van der Waals surface area contributed by atoms with E-state index in [9.17, 15) is 9.59 Å². The van der Waals surface area contributed by atoms with Crippen LogP contribution in [0.1, 0.15) is 62.0 Å². The summed E-state index contributed by atoms with van der Waals surface area (Å²) in [6.07, 6.45) is 7.16. The molecule has 2 aliphatic rings. The maximum absolute atomic E-state index is 12.3. The van der Waals surface area contributed by atoms with Gasteiger partial charge in [-0.25, -0.2) is 4.79 Å². The van der Waals surface area contributed by atoms with Crippen LogP contribution in [0, 0.1) is 17.8 Å². The number of amides is 2. The van der Waals surface area contributed by atoms with Crippen molar-refractivity contribution in [2.75, 3.05) is 10.6 Å². The van der Waals surface area contributed by atoms with Crippen molar-refractivity contribution in [3.05, 3.63) is 59.7 Å². The SMILES string of the molecule is NCc1ccc(NC(=O)Nc2ccc(C3CCC4CC(CC(=O)O)CCC4C3)cc2)cc1. The Hall–Kier alpha value is -2.86. The van der Waals surface area contributed by atoms with Crippen molar-refractivity contribution < 1.29 is 14.7 Å². The molecule has 0 bridgehead atoms. The van der Waals surface area contributed by atoms with Crippen molar-refractivity contribution in [1.82, 2.24) is 0 Å². The van der Waals surface area contributed by atoms with Crippen LogP contribution >= 0.6 is 0 Å². The Labute approximate surface area is 189 Å². The van der Waals surface area contributed by atoms with E-state index in [-0.39, 0.29) is 6.03 Å². The summed E-state index contributed by atoms with van der Waals surface area (Å²) in [5.74, 6) is 1.66. The fraction of sp³-hybridized carbons (Fsp3) is 0.462. The first-order valence-corrected chi connectivity index (χ1v) is 11.7. The normalized spacial score (nSPS) is 24.9. The number of fused-ring (bicyclic) bond motifs is 1. The summed E-state index contributed by atoms with van der Waals surface area (Å²) < 4.78 is 0. The van der Waals surface area contributed by atoms with Crippen LogP contribution in [0.3, 0.4) is 0 Å². The number of aliphatic carboxylic acids is 1. The highest BCUT2D eigenvalue weighted by Gasteiger charge is 2.36. The second-order valence-corrected chi connectivity index (χ2v) is 9.41.